The normalized spacial score (nSPS) is 11.7. The molecular formula is C31H24F3N3O3. The minimum atomic E-state index is -4.55. The molecule has 5 aromatic rings. The third kappa shape index (κ3) is 5.73. The van der Waals surface area contributed by atoms with Crippen LogP contribution in [-0.2, 0) is 12.8 Å². The second-order valence-corrected chi connectivity index (χ2v) is 9.08. The van der Waals surface area contributed by atoms with Crippen molar-refractivity contribution >= 4 is 17.1 Å². The summed E-state index contributed by atoms with van der Waals surface area (Å²) in [5.74, 6) is 0.962. The fraction of sp³-hybridized carbons (Fsp3) is 0.129. The van der Waals surface area contributed by atoms with Gasteiger partial charge in [-0.2, -0.15) is 22.9 Å². The van der Waals surface area contributed by atoms with Gasteiger partial charge < -0.3 is 9.47 Å². The first-order valence-corrected chi connectivity index (χ1v) is 12.3. The number of aromatic nitrogens is 2. The number of alkyl halides is 3. The van der Waals surface area contributed by atoms with Crippen molar-refractivity contribution in [3.05, 3.63) is 124 Å². The highest BCUT2D eigenvalue weighted by Gasteiger charge is 2.31. The molecule has 0 aliphatic carbocycles. The molecule has 0 N–H and O–H groups in total. The number of methoxy groups -OCH3 is 1. The van der Waals surface area contributed by atoms with E-state index in [-0.39, 0.29) is 16.8 Å². The van der Waals surface area contributed by atoms with Gasteiger partial charge >= 0.3 is 6.18 Å². The zero-order valence-corrected chi connectivity index (χ0v) is 21.6. The first-order valence-electron chi connectivity index (χ1n) is 12.3. The van der Waals surface area contributed by atoms with E-state index in [1.54, 1.807) is 42.5 Å². The molecular weight excluding hydrogens is 519 g/mol. The zero-order chi connectivity index (χ0) is 28.3. The average molecular weight is 544 g/mol. The molecule has 1 aromatic heterocycles. The van der Waals surface area contributed by atoms with Crippen LogP contribution in [0, 0.1) is 6.92 Å². The highest BCUT2D eigenvalue weighted by Crippen LogP contribution is 2.32. The lowest BCUT2D eigenvalue weighted by Crippen LogP contribution is -2.20. The van der Waals surface area contributed by atoms with Crippen LogP contribution in [0.15, 0.2) is 101 Å². The van der Waals surface area contributed by atoms with Gasteiger partial charge in [0.15, 0.2) is 17.3 Å². The van der Waals surface area contributed by atoms with Crippen molar-refractivity contribution in [2.24, 2.45) is 5.10 Å². The minimum absolute atomic E-state index is 0.0175. The number of halogens is 3. The molecule has 9 heteroatoms. The van der Waals surface area contributed by atoms with Crippen molar-refractivity contribution in [1.82, 2.24) is 9.66 Å². The number of ether oxygens (including phenoxy) is 2. The standard InChI is InChI=1S/C31H24F3N3O3/c1-20-10-12-21(13-11-20)19-40-27-15-14-22(16-28(27)39-2)18-35-37-29(23-6-5-7-24(17-23)31(32,33)34)36-26-9-4-3-8-25(26)30(37)38/h3-18H,19H2,1-2H3. The summed E-state index contributed by atoms with van der Waals surface area (Å²) in [6.07, 6.45) is -3.14. The van der Waals surface area contributed by atoms with E-state index in [4.69, 9.17) is 9.47 Å². The lowest BCUT2D eigenvalue weighted by Gasteiger charge is -2.13. The Morgan fingerprint density at radius 1 is 0.925 bits per heavy atom. The summed E-state index contributed by atoms with van der Waals surface area (Å²) < 4.78 is 52.7. The molecule has 0 aliphatic heterocycles. The summed E-state index contributed by atoms with van der Waals surface area (Å²) >= 11 is 0. The predicted molar refractivity (Wildman–Crippen MR) is 148 cm³/mol. The van der Waals surface area contributed by atoms with Gasteiger partial charge in [0.05, 0.1) is 29.8 Å². The molecule has 6 nitrogen and oxygen atoms in total. The Hall–Kier alpha value is -4.92. The van der Waals surface area contributed by atoms with Gasteiger partial charge in [0.25, 0.3) is 5.56 Å². The van der Waals surface area contributed by atoms with Crippen molar-refractivity contribution in [3.63, 3.8) is 0 Å². The average Bonchev–Trinajstić information content (AvgIpc) is 2.96. The SMILES string of the molecule is COc1cc(C=Nn2c(-c3cccc(C(F)(F)F)c3)nc3ccccc3c2=O)ccc1OCc1ccc(C)cc1. The Morgan fingerprint density at radius 2 is 1.70 bits per heavy atom. The molecule has 0 saturated heterocycles. The Bertz CT molecular complexity index is 1760. The van der Waals surface area contributed by atoms with Gasteiger partial charge in [0.2, 0.25) is 0 Å². The van der Waals surface area contributed by atoms with Crippen LogP contribution >= 0.6 is 0 Å². The van der Waals surface area contributed by atoms with Crippen molar-refractivity contribution in [2.75, 3.05) is 7.11 Å². The number of nitrogens with zero attached hydrogens (tertiary/aromatic N) is 3. The second-order valence-electron chi connectivity index (χ2n) is 9.08. The molecule has 0 atom stereocenters. The van der Waals surface area contributed by atoms with Gasteiger partial charge in [-0.1, -0.05) is 54.1 Å². The number of benzene rings is 4. The van der Waals surface area contributed by atoms with Crippen molar-refractivity contribution in [1.29, 1.82) is 0 Å². The Balaban J connectivity index is 1.51. The molecule has 0 spiro atoms. The third-order valence-corrected chi connectivity index (χ3v) is 6.23. The van der Waals surface area contributed by atoms with Crippen LogP contribution in [-0.4, -0.2) is 23.0 Å². The van der Waals surface area contributed by atoms with Crippen LogP contribution in [0.25, 0.3) is 22.3 Å². The molecule has 5 rings (SSSR count). The lowest BCUT2D eigenvalue weighted by molar-refractivity contribution is -0.137. The molecule has 4 aromatic carbocycles. The van der Waals surface area contributed by atoms with Crippen LogP contribution in [0.5, 0.6) is 11.5 Å². The number of hydrogen-bond donors (Lipinski definition) is 0. The number of para-hydroxylation sites is 1. The summed E-state index contributed by atoms with van der Waals surface area (Å²) in [7, 11) is 1.51. The Labute approximate surface area is 228 Å². The van der Waals surface area contributed by atoms with Crippen LogP contribution in [0.2, 0.25) is 0 Å². The van der Waals surface area contributed by atoms with Crippen LogP contribution in [0.3, 0.4) is 0 Å². The Kier molecular flexibility index (Phi) is 7.37. The molecule has 0 fully saturated rings. The van der Waals surface area contributed by atoms with E-state index in [0.29, 0.717) is 29.2 Å². The van der Waals surface area contributed by atoms with Crippen LogP contribution in [0.4, 0.5) is 13.2 Å². The molecule has 0 radical (unpaired) electrons. The summed E-state index contributed by atoms with van der Waals surface area (Å²) in [4.78, 5) is 17.9. The summed E-state index contributed by atoms with van der Waals surface area (Å²) in [5, 5.41) is 4.63. The van der Waals surface area contributed by atoms with Crippen molar-refractivity contribution in [3.8, 4) is 22.9 Å². The molecule has 0 aliphatic rings. The monoisotopic (exact) mass is 543 g/mol. The number of fused-ring (bicyclic) bond motifs is 1. The topological polar surface area (TPSA) is 65.7 Å². The fourth-order valence-electron chi connectivity index (χ4n) is 4.11. The summed E-state index contributed by atoms with van der Waals surface area (Å²) in [6, 6.07) is 24.4. The molecule has 0 bridgehead atoms. The van der Waals surface area contributed by atoms with Gasteiger partial charge in [0, 0.05) is 5.56 Å². The molecule has 1 heterocycles. The number of hydrogen-bond acceptors (Lipinski definition) is 5. The Morgan fingerprint density at radius 3 is 2.45 bits per heavy atom. The van der Waals surface area contributed by atoms with Gasteiger partial charge in [-0.3, -0.25) is 4.79 Å². The molecule has 202 valence electrons. The zero-order valence-electron chi connectivity index (χ0n) is 21.6. The maximum atomic E-state index is 13.4. The first kappa shape index (κ1) is 26.7. The van der Waals surface area contributed by atoms with E-state index in [9.17, 15) is 18.0 Å². The van der Waals surface area contributed by atoms with E-state index in [1.165, 1.54) is 25.5 Å². The molecule has 0 amide bonds. The van der Waals surface area contributed by atoms with E-state index in [1.807, 2.05) is 31.2 Å². The largest absolute Gasteiger partial charge is 0.493 e. The van der Waals surface area contributed by atoms with Crippen molar-refractivity contribution in [2.45, 2.75) is 19.7 Å². The van der Waals surface area contributed by atoms with Gasteiger partial charge in [-0.25, -0.2) is 4.98 Å². The quantitative estimate of drug-likeness (QED) is 0.210. The van der Waals surface area contributed by atoms with Crippen LogP contribution < -0.4 is 15.0 Å². The first-order chi connectivity index (χ1) is 19.2. The molecule has 0 unspecified atom stereocenters. The predicted octanol–water partition coefficient (Wildman–Crippen LogP) is 6.86. The van der Waals surface area contributed by atoms with Gasteiger partial charge in [-0.15, -0.1) is 0 Å². The lowest BCUT2D eigenvalue weighted by atomic mass is 10.1. The fourth-order valence-corrected chi connectivity index (χ4v) is 4.11. The van der Waals surface area contributed by atoms with E-state index >= 15 is 0 Å². The third-order valence-electron chi connectivity index (χ3n) is 6.23. The molecule has 0 saturated carbocycles. The maximum Gasteiger partial charge on any atom is 0.416 e. The van der Waals surface area contributed by atoms with Gasteiger partial charge in [0.1, 0.15) is 6.61 Å². The highest BCUT2D eigenvalue weighted by atomic mass is 19.4. The summed E-state index contributed by atoms with van der Waals surface area (Å²) in [5.41, 5.74) is 1.82. The highest BCUT2D eigenvalue weighted by molar-refractivity contribution is 5.82. The van der Waals surface area contributed by atoms with E-state index < -0.39 is 17.3 Å². The van der Waals surface area contributed by atoms with E-state index in [0.717, 1.165) is 27.9 Å². The maximum absolute atomic E-state index is 13.4. The minimum Gasteiger partial charge on any atom is -0.493 e. The molecule has 40 heavy (non-hydrogen) atoms. The second kappa shape index (κ2) is 11.1. The summed E-state index contributed by atoms with van der Waals surface area (Å²) in [6.45, 7) is 2.36. The van der Waals surface area contributed by atoms with Crippen molar-refractivity contribution < 1.29 is 22.6 Å². The van der Waals surface area contributed by atoms with Crippen LogP contribution in [0.1, 0.15) is 22.3 Å². The number of aryl methyl sites for hydroxylation is 1. The number of rotatable bonds is 7. The van der Waals surface area contributed by atoms with E-state index in [2.05, 4.69) is 10.1 Å². The smallest absolute Gasteiger partial charge is 0.416 e. The van der Waals surface area contributed by atoms with Gasteiger partial charge in [-0.05, 0) is 60.5 Å².